The zero-order chi connectivity index (χ0) is 13.9. The van der Waals surface area contributed by atoms with E-state index in [0.29, 0.717) is 12.4 Å². The highest BCUT2D eigenvalue weighted by molar-refractivity contribution is 5.30. The minimum Gasteiger partial charge on any atom is -0.493 e. The van der Waals surface area contributed by atoms with Gasteiger partial charge in [0.05, 0.1) is 24.9 Å². The van der Waals surface area contributed by atoms with Gasteiger partial charge in [-0.05, 0) is 34.6 Å². The SMILES string of the molecule is CCOC(C)(C)C(N)c1c(OC)cnn1C(C)C. The first-order valence-corrected chi connectivity index (χ1v) is 6.36. The van der Waals surface area contributed by atoms with Gasteiger partial charge in [-0.15, -0.1) is 0 Å². The van der Waals surface area contributed by atoms with E-state index in [1.807, 2.05) is 25.5 Å². The van der Waals surface area contributed by atoms with E-state index in [4.69, 9.17) is 15.2 Å². The maximum absolute atomic E-state index is 6.35. The number of hydrogen-bond acceptors (Lipinski definition) is 4. The molecule has 1 atom stereocenters. The number of hydrogen-bond donors (Lipinski definition) is 1. The minimum absolute atomic E-state index is 0.229. The van der Waals surface area contributed by atoms with Crippen LogP contribution in [0, 0.1) is 0 Å². The summed E-state index contributed by atoms with van der Waals surface area (Å²) in [5.74, 6) is 0.712. The Bertz CT molecular complexity index is 386. The Kier molecular flexibility index (Phi) is 4.76. The third-order valence-corrected chi connectivity index (χ3v) is 3.07. The topological polar surface area (TPSA) is 62.3 Å². The molecule has 1 unspecified atom stereocenters. The summed E-state index contributed by atoms with van der Waals surface area (Å²) in [6.07, 6.45) is 1.71. The van der Waals surface area contributed by atoms with Crippen LogP contribution in [0.2, 0.25) is 0 Å². The van der Waals surface area contributed by atoms with E-state index in [-0.39, 0.29) is 12.1 Å². The molecule has 5 heteroatoms. The van der Waals surface area contributed by atoms with E-state index in [1.54, 1.807) is 13.3 Å². The lowest BCUT2D eigenvalue weighted by Gasteiger charge is -2.32. The number of methoxy groups -OCH3 is 1. The van der Waals surface area contributed by atoms with Gasteiger partial charge >= 0.3 is 0 Å². The maximum Gasteiger partial charge on any atom is 0.161 e. The van der Waals surface area contributed by atoms with Gasteiger partial charge < -0.3 is 15.2 Å². The summed E-state index contributed by atoms with van der Waals surface area (Å²) >= 11 is 0. The molecule has 0 aromatic carbocycles. The Morgan fingerprint density at radius 1 is 1.44 bits per heavy atom. The van der Waals surface area contributed by atoms with Crippen LogP contribution in [0.5, 0.6) is 5.75 Å². The van der Waals surface area contributed by atoms with Crippen molar-refractivity contribution < 1.29 is 9.47 Å². The quantitative estimate of drug-likeness (QED) is 0.847. The van der Waals surface area contributed by atoms with Gasteiger partial charge in [0.1, 0.15) is 5.69 Å². The first kappa shape index (κ1) is 15.0. The van der Waals surface area contributed by atoms with E-state index in [9.17, 15) is 0 Å². The fraction of sp³-hybridized carbons (Fsp3) is 0.769. The fourth-order valence-corrected chi connectivity index (χ4v) is 2.01. The molecule has 0 bridgehead atoms. The van der Waals surface area contributed by atoms with Gasteiger partial charge in [0.2, 0.25) is 0 Å². The van der Waals surface area contributed by atoms with E-state index >= 15 is 0 Å². The van der Waals surface area contributed by atoms with Gasteiger partial charge in [-0.1, -0.05) is 0 Å². The van der Waals surface area contributed by atoms with Crippen molar-refractivity contribution in [3.05, 3.63) is 11.9 Å². The highest BCUT2D eigenvalue weighted by atomic mass is 16.5. The molecule has 18 heavy (non-hydrogen) atoms. The van der Waals surface area contributed by atoms with Gasteiger partial charge in [-0.2, -0.15) is 5.10 Å². The summed E-state index contributed by atoms with van der Waals surface area (Å²) in [6, 6.07) is -0.0651. The van der Waals surface area contributed by atoms with Crippen LogP contribution in [-0.2, 0) is 4.74 Å². The van der Waals surface area contributed by atoms with Crippen molar-refractivity contribution in [2.75, 3.05) is 13.7 Å². The van der Waals surface area contributed by atoms with Crippen molar-refractivity contribution in [3.8, 4) is 5.75 Å². The Labute approximate surface area is 109 Å². The second kappa shape index (κ2) is 5.71. The van der Waals surface area contributed by atoms with Crippen molar-refractivity contribution in [2.45, 2.75) is 52.3 Å². The van der Waals surface area contributed by atoms with Crippen LogP contribution in [0.4, 0.5) is 0 Å². The largest absolute Gasteiger partial charge is 0.493 e. The van der Waals surface area contributed by atoms with Crippen molar-refractivity contribution >= 4 is 0 Å². The summed E-state index contributed by atoms with van der Waals surface area (Å²) in [5.41, 5.74) is 6.77. The number of nitrogens with two attached hydrogens (primary N) is 1. The van der Waals surface area contributed by atoms with Gasteiger partial charge in [0.25, 0.3) is 0 Å². The molecule has 2 N–H and O–H groups in total. The molecule has 0 saturated carbocycles. The summed E-state index contributed by atoms with van der Waals surface area (Å²) in [4.78, 5) is 0. The Balaban J connectivity index is 3.17. The standard InChI is InChI=1S/C13H25N3O2/c1-7-18-13(4,5)12(14)11-10(17-6)8-15-16(11)9(2)3/h8-9,12H,7,14H2,1-6H3. The molecular weight excluding hydrogens is 230 g/mol. The van der Waals surface area contributed by atoms with Crippen molar-refractivity contribution in [3.63, 3.8) is 0 Å². The first-order chi connectivity index (χ1) is 8.35. The van der Waals surface area contributed by atoms with Crippen LogP contribution in [0.25, 0.3) is 0 Å². The average Bonchev–Trinajstić information content (AvgIpc) is 2.71. The number of ether oxygens (including phenoxy) is 2. The van der Waals surface area contributed by atoms with E-state index < -0.39 is 5.60 Å². The molecule has 0 amide bonds. The molecule has 0 aliphatic rings. The monoisotopic (exact) mass is 255 g/mol. The lowest BCUT2D eigenvalue weighted by molar-refractivity contribution is -0.0322. The smallest absolute Gasteiger partial charge is 0.161 e. The number of nitrogens with zero attached hydrogens (tertiary/aromatic N) is 2. The first-order valence-electron chi connectivity index (χ1n) is 6.36. The third kappa shape index (κ3) is 2.84. The average molecular weight is 255 g/mol. The van der Waals surface area contributed by atoms with Crippen molar-refractivity contribution in [1.29, 1.82) is 0 Å². The van der Waals surface area contributed by atoms with E-state index in [2.05, 4.69) is 18.9 Å². The molecule has 0 saturated heterocycles. The summed E-state index contributed by atoms with van der Waals surface area (Å²) in [6.45, 7) is 10.7. The molecule has 0 radical (unpaired) electrons. The highest BCUT2D eigenvalue weighted by Gasteiger charge is 2.33. The molecule has 1 aromatic rings. The zero-order valence-electron chi connectivity index (χ0n) is 12.2. The van der Waals surface area contributed by atoms with Crippen LogP contribution in [0.1, 0.15) is 52.4 Å². The van der Waals surface area contributed by atoms with Crippen LogP contribution < -0.4 is 10.5 Å². The molecule has 1 heterocycles. The zero-order valence-corrected chi connectivity index (χ0v) is 12.2. The lowest BCUT2D eigenvalue weighted by Crippen LogP contribution is -2.40. The molecular formula is C13H25N3O2. The highest BCUT2D eigenvalue weighted by Crippen LogP contribution is 2.34. The van der Waals surface area contributed by atoms with Crippen molar-refractivity contribution in [2.24, 2.45) is 5.73 Å². The second-order valence-corrected chi connectivity index (χ2v) is 5.15. The van der Waals surface area contributed by atoms with Gasteiger partial charge in [-0.3, -0.25) is 4.68 Å². The molecule has 0 fully saturated rings. The predicted octanol–water partition coefficient (Wildman–Crippen LogP) is 2.29. The number of rotatable bonds is 6. The van der Waals surface area contributed by atoms with Crippen LogP contribution in [-0.4, -0.2) is 29.1 Å². The molecule has 5 nitrogen and oxygen atoms in total. The predicted molar refractivity (Wildman–Crippen MR) is 71.8 cm³/mol. The summed E-state index contributed by atoms with van der Waals surface area (Å²) in [7, 11) is 1.63. The second-order valence-electron chi connectivity index (χ2n) is 5.15. The Morgan fingerprint density at radius 2 is 2.06 bits per heavy atom. The summed E-state index contributed by atoms with van der Waals surface area (Å²) in [5, 5.41) is 4.34. The van der Waals surface area contributed by atoms with Crippen molar-refractivity contribution in [1.82, 2.24) is 9.78 Å². The van der Waals surface area contributed by atoms with Gasteiger partial charge in [0.15, 0.2) is 5.75 Å². The van der Waals surface area contributed by atoms with Gasteiger partial charge in [0, 0.05) is 12.6 Å². The van der Waals surface area contributed by atoms with E-state index in [0.717, 1.165) is 5.69 Å². The van der Waals surface area contributed by atoms with E-state index in [1.165, 1.54) is 0 Å². The number of aromatic nitrogens is 2. The Morgan fingerprint density at radius 3 is 2.50 bits per heavy atom. The maximum atomic E-state index is 6.35. The van der Waals surface area contributed by atoms with Gasteiger partial charge in [-0.25, -0.2) is 0 Å². The molecule has 1 aromatic heterocycles. The van der Waals surface area contributed by atoms with Crippen LogP contribution >= 0.6 is 0 Å². The minimum atomic E-state index is -0.464. The lowest BCUT2D eigenvalue weighted by atomic mass is 9.95. The summed E-state index contributed by atoms with van der Waals surface area (Å²) < 4.78 is 13.0. The molecule has 0 spiro atoms. The van der Waals surface area contributed by atoms with Crippen LogP contribution in [0.15, 0.2) is 6.20 Å². The molecule has 0 aliphatic heterocycles. The Hall–Kier alpha value is -1.07. The third-order valence-electron chi connectivity index (χ3n) is 3.07. The molecule has 104 valence electrons. The molecule has 0 aliphatic carbocycles. The van der Waals surface area contributed by atoms with Crippen LogP contribution in [0.3, 0.4) is 0 Å². The fourth-order valence-electron chi connectivity index (χ4n) is 2.01. The normalized spacial score (nSPS) is 14.0. The molecule has 1 rings (SSSR count).